The minimum atomic E-state index is -3.39. The molecule has 0 saturated carbocycles. The molecule has 0 spiro atoms. The summed E-state index contributed by atoms with van der Waals surface area (Å²) in [6.45, 7) is 4.14. The highest BCUT2D eigenvalue weighted by atomic mass is 32.2. The van der Waals surface area contributed by atoms with Crippen molar-refractivity contribution < 1.29 is 18.3 Å². The SMILES string of the molecule is CC(C)C1(O)CN(S(=O)(=O)CCOc2cccc(N)c2)C1. The standard InChI is InChI=1S/C14H22N2O4S/c1-11(2)14(17)9-16(10-14)21(18,19)7-6-20-13-5-3-4-12(15)8-13/h3-5,8,11,17H,6-7,9-10,15H2,1-2H3. The monoisotopic (exact) mass is 314 g/mol. The molecular weight excluding hydrogens is 292 g/mol. The maximum absolute atomic E-state index is 12.1. The van der Waals surface area contributed by atoms with Gasteiger partial charge in [0.05, 0.1) is 11.4 Å². The summed E-state index contributed by atoms with van der Waals surface area (Å²) in [5.41, 5.74) is 5.29. The minimum Gasteiger partial charge on any atom is -0.492 e. The Morgan fingerprint density at radius 1 is 1.43 bits per heavy atom. The molecule has 7 heteroatoms. The largest absolute Gasteiger partial charge is 0.492 e. The van der Waals surface area contributed by atoms with Gasteiger partial charge in [0.2, 0.25) is 10.0 Å². The number of β-amino-alcohol motifs (C(OH)–C–C–N with tert-alkyl or cyclic N) is 1. The Kier molecular flexibility index (Phi) is 4.46. The molecule has 1 heterocycles. The molecule has 1 aromatic carbocycles. The van der Waals surface area contributed by atoms with Crippen LogP contribution in [-0.2, 0) is 10.0 Å². The summed E-state index contributed by atoms with van der Waals surface area (Å²) < 4.78 is 30.9. The number of nitrogen functional groups attached to an aromatic ring is 1. The Labute approximate surface area is 125 Å². The van der Waals surface area contributed by atoms with Gasteiger partial charge in [-0.2, -0.15) is 4.31 Å². The first-order valence-electron chi connectivity index (χ1n) is 6.91. The lowest BCUT2D eigenvalue weighted by atomic mass is 9.85. The Bertz CT molecular complexity index is 595. The van der Waals surface area contributed by atoms with Gasteiger partial charge in [0.15, 0.2) is 0 Å². The summed E-state index contributed by atoms with van der Waals surface area (Å²) in [6, 6.07) is 6.85. The summed E-state index contributed by atoms with van der Waals surface area (Å²) in [7, 11) is -3.39. The van der Waals surface area contributed by atoms with E-state index in [2.05, 4.69) is 0 Å². The molecule has 0 atom stereocenters. The minimum absolute atomic E-state index is 0.0347. The van der Waals surface area contributed by atoms with Gasteiger partial charge in [0.25, 0.3) is 0 Å². The van der Waals surface area contributed by atoms with E-state index in [9.17, 15) is 13.5 Å². The van der Waals surface area contributed by atoms with Crippen LogP contribution in [-0.4, -0.2) is 48.9 Å². The van der Waals surface area contributed by atoms with Crippen LogP contribution in [0.4, 0.5) is 5.69 Å². The van der Waals surface area contributed by atoms with Crippen molar-refractivity contribution in [3.8, 4) is 5.75 Å². The van der Waals surface area contributed by atoms with Crippen molar-refractivity contribution >= 4 is 15.7 Å². The highest BCUT2D eigenvalue weighted by molar-refractivity contribution is 7.89. The molecule has 1 aromatic rings. The van der Waals surface area contributed by atoms with Gasteiger partial charge in [-0.25, -0.2) is 8.42 Å². The van der Waals surface area contributed by atoms with E-state index in [1.165, 1.54) is 4.31 Å². The lowest BCUT2D eigenvalue weighted by Gasteiger charge is -2.47. The third-order valence-corrected chi connectivity index (χ3v) is 5.56. The lowest BCUT2D eigenvalue weighted by molar-refractivity contribution is -0.0932. The van der Waals surface area contributed by atoms with Crippen molar-refractivity contribution in [2.24, 2.45) is 5.92 Å². The zero-order valence-corrected chi connectivity index (χ0v) is 13.1. The predicted octanol–water partition coefficient (Wildman–Crippen LogP) is 0.680. The Balaban J connectivity index is 1.83. The molecule has 0 bridgehead atoms. The van der Waals surface area contributed by atoms with Gasteiger partial charge in [-0.05, 0) is 18.1 Å². The van der Waals surface area contributed by atoms with Crippen LogP contribution in [0.1, 0.15) is 13.8 Å². The van der Waals surface area contributed by atoms with Gasteiger partial charge < -0.3 is 15.6 Å². The number of nitrogens with zero attached hydrogens (tertiary/aromatic N) is 1. The fourth-order valence-corrected chi connectivity index (χ4v) is 3.52. The number of hydrogen-bond acceptors (Lipinski definition) is 5. The molecule has 0 aromatic heterocycles. The summed E-state index contributed by atoms with van der Waals surface area (Å²) in [4.78, 5) is 0. The number of anilines is 1. The second-order valence-corrected chi connectivity index (χ2v) is 7.85. The van der Waals surface area contributed by atoms with E-state index in [1.807, 2.05) is 13.8 Å². The van der Waals surface area contributed by atoms with E-state index in [-0.39, 0.29) is 31.4 Å². The Hall–Kier alpha value is -1.31. The molecule has 1 aliphatic heterocycles. The smallest absolute Gasteiger partial charge is 0.217 e. The second-order valence-electron chi connectivity index (χ2n) is 5.76. The molecule has 118 valence electrons. The lowest BCUT2D eigenvalue weighted by Crippen LogP contribution is -2.66. The van der Waals surface area contributed by atoms with Crippen LogP contribution in [0.15, 0.2) is 24.3 Å². The van der Waals surface area contributed by atoms with Crippen LogP contribution < -0.4 is 10.5 Å². The highest BCUT2D eigenvalue weighted by Crippen LogP contribution is 2.30. The topological polar surface area (TPSA) is 92.9 Å². The Morgan fingerprint density at radius 3 is 2.67 bits per heavy atom. The third-order valence-electron chi connectivity index (χ3n) is 3.84. The highest BCUT2D eigenvalue weighted by Gasteiger charge is 2.48. The van der Waals surface area contributed by atoms with Crippen LogP contribution in [0.3, 0.4) is 0 Å². The van der Waals surface area contributed by atoms with Crippen LogP contribution in [0, 0.1) is 5.92 Å². The van der Waals surface area contributed by atoms with Crippen LogP contribution in [0.5, 0.6) is 5.75 Å². The van der Waals surface area contributed by atoms with E-state index in [0.29, 0.717) is 11.4 Å². The number of ether oxygens (including phenoxy) is 1. The van der Waals surface area contributed by atoms with Gasteiger partial charge in [0, 0.05) is 24.8 Å². The first kappa shape index (κ1) is 16.1. The molecule has 3 N–H and O–H groups in total. The first-order chi connectivity index (χ1) is 9.73. The molecule has 0 unspecified atom stereocenters. The van der Waals surface area contributed by atoms with E-state index in [1.54, 1.807) is 24.3 Å². The number of aliphatic hydroxyl groups is 1. The molecule has 1 saturated heterocycles. The number of hydrogen-bond donors (Lipinski definition) is 2. The summed E-state index contributed by atoms with van der Waals surface area (Å²) in [6.07, 6.45) is 0. The zero-order chi connectivity index (χ0) is 15.7. The number of nitrogens with two attached hydrogens (primary N) is 1. The van der Waals surface area contributed by atoms with E-state index in [0.717, 1.165) is 0 Å². The molecule has 1 fully saturated rings. The van der Waals surface area contributed by atoms with E-state index in [4.69, 9.17) is 10.5 Å². The Morgan fingerprint density at radius 2 is 2.10 bits per heavy atom. The van der Waals surface area contributed by atoms with Gasteiger partial charge in [-0.1, -0.05) is 19.9 Å². The van der Waals surface area contributed by atoms with Gasteiger partial charge in [-0.3, -0.25) is 0 Å². The quantitative estimate of drug-likeness (QED) is 0.753. The van der Waals surface area contributed by atoms with Crippen LogP contribution in [0.2, 0.25) is 0 Å². The molecule has 6 nitrogen and oxygen atoms in total. The van der Waals surface area contributed by atoms with Crippen molar-refractivity contribution in [2.45, 2.75) is 19.4 Å². The summed E-state index contributed by atoms with van der Waals surface area (Å²) in [5, 5.41) is 10.1. The van der Waals surface area contributed by atoms with Crippen molar-refractivity contribution in [1.29, 1.82) is 0 Å². The van der Waals surface area contributed by atoms with Crippen molar-refractivity contribution in [3.05, 3.63) is 24.3 Å². The molecule has 0 aliphatic carbocycles. The fourth-order valence-electron chi connectivity index (χ4n) is 2.12. The van der Waals surface area contributed by atoms with Crippen LogP contribution in [0.25, 0.3) is 0 Å². The summed E-state index contributed by atoms with van der Waals surface area (Å²) >= 11 is 0. The molecule has 1 aliphatic rings. The fraction of sp³-hybridized carbons (Fsp3) is 0.571. The molecule has 21 heavy (non-hydrogen) atoms. The zero-order valence-electron chi connectivity index (χ0n) is 12.3. The average Bonchev–Trinajstić information content (AvgIpc) is 2.34. The molecule has 0 radical (unpaired) electrons. The summed E-state index contributed by atoms with van der Waals surface area (Å²) in [5.74, 6) is 0.468. The first-order valence-corrected chi connectivity index (χ1v) is 8.52. The maximum atomic E-state index is 12.1. The number of rotatable bonds is 6. The third kappa shape index (κ3) is 3.66. The average molecular weight is 314 g/mol. The number of sulfonamides is 1. The van der Waals surface area contributed by atoms with Gasteiger partial charge in [-0.15, -0.1) is 0 Å². The predicted molar refractivity (Wildman–Crippen MR) is 81.5 cm³/mol. The maximum Gasteiger partial charge on any atom is 0.217 e. The molecule has 2 rings (SSSR count). The second kappa shape index (κ2) is 5.82. The van der Waals surface area contributed by atoms with E-state index < -0.39 is 15.6 Å². The molecule has 0 amide bonds. The number of benzene rings is 1. The normalized spacial score (nSPS) is 18.5. The van der Waals surface area contributed by atoms with Crippen molar-refractivity contribution in [3.63, 3.8) is 0 Å². The van der Waals surface area contributed by atoms with Gasteiger partial charge in [0.1, 0.15) is 12.4 Å². The van der Waals surface area contributed by atoms with Crippen LogP contribution >= 0.6 is 0 Å². The van der Waals surface area contributed by atoms with E-state index >= 15 is 0 Å². The molecular formula is C14H22N2O4S. The van der Waals surface area contributed by atoms with Crippen molar-refractivity contribution in [2.75, 3.05) is 31.2 Å². The van der Waals surface area contributed by atoms with Crippen molar-refractivity contribution in [1.82, 2.24) is 4.31 Å². The van der Waals surface area contributed by atoms with Gasteiger partial charge >= 0.3 is 0 Å².